The van der Waals surface area contributed by atoms with Gasteiger partial charge in [-0.3, -0.25) is 14.9 Å². The maximum absolute atomic E-state index is 13.3. The van der Waals surface area contributed by atoms with E-state index in [-0.39, 0.29) is 18.5 Å². The third-order valence-corrected chi connectivity index (χ3v) is 2.37. The molecule has 8 heteroatoms. The molecule has 2 N–H and O–H groups in total. The topological polar surface area (TPSA) is 92.5 Å². The molecule has 19 heavy (non-hydrogen) atoms. The zero-order valence-electron chi connectivity index (χ0n) is 9.86. The molecule has 104 valence electrons. The average Bonchev–Trinajstić information content (AvgIpc) is 2.30. The minimum atomic E-state index is -1.22. The maximum Gasteiger partial charge on any atom is 0.305 e. The Kier molecular flexibility index (Phi) is 5.31. The zero-order valence-corrected chi connectivity index (χ0v) is 9.86. The lowest BCUT2D eigenvalue weighted by Gasteiger charge is -2.05. The van der Waals surface area contributed by atoms with Crippen molar-refractivity contribution < 1.29 is 23.6 Å². The van der Waals surface area contributed by atoms with E-state index in [1.54, 1.807) is 0 Å². The molecule has 1 aromatic rings. The number of halogens is 2. The molecule has 0 heterocycles. The molecule has 6 nitrogen and oxygen atoms in total. The number of hydrogen-bond acceptors (Lipinski definition) is 4. The molecular weight excluding hydrogens is 262 g/mol. The number of carbonyl (C=O) groups is 1. The van der Waals surface area contributed by atoms with Crippen molar-refractivity contribution in [2.45, 2.75) is 19.4 Å². The number of carboxylic acids is 1. The zero-order chi connectivity index (χ0) is 14.4. The molecule has 0 unspecified atom stereocenters. The number of nitrogens with one attached hydrogen (secondary N) is 1. The van der Waals surface area contributed by atoms with Gasteiger partial charge in [0.1, 0.15) is 5.82 Å². The van der Waals surface area contributed by atoms with Crippen LogP contribution >= 0.6 is 0 Å². The first-order valence-electron chi connectivity index (χ1n) is 5.46. The molecule has 0 aromatic heterocycles. The van der Waals surface area contributed by atoms with Gasteiger partial charge in [0.2, 0.25) is 5.82 Å². The normalized spacial score (nSPS) is 10.4. The Hall–Kier alpha value is -2.09. The summed E-state index contributed by atoms with van der Waals surface area (Å²) in [7, 11) is 0. The molecule has 0 atom stereocenters. The summed E-state index contributed by atoms with van der Waals surface area (Å²) in [6.07, 6.45) is 0.319. The summed E-state index contributed by atoms with van der Waals surface area (Å²) in [5, 5.41) is 21.6. The summed E-state index contributed by atoms with van der Waals surface area (Å²) >= 11 is 0. The summed E-state index contributed by atoms with van der Waals surface area (Å²) in [6, 6.07) is 1.29. The van der Waals surface area contributed by atoms with Crippen molar-refractivity contribution in [2.24, 2.45) is 0 Å². The van der Waals surface area contributed by atoms with E-state index in [1.165, 1.54) is 0 Å². The van der Waals surface area contributed by atoms with Crippen LogP contribution in [0.3, 0.4) is 0 Å². The third-order valence-electron chi connectivity index (χ3n) is 2.37. The van der Waals surface area contributed by atoms with Crippen LogP contribution in [0.15, 0.2) is 12.1 Å². The Balaban J connectivity index is 2.60. The highest BCUT2D eigenvalue weighted by Gasteiger charge is 2.18. The van der Waals surface area contributed by atoms with Crippen molar-refractivity contribution >= 4 is 11.7 Å². The predicted octanol–water partition coefficient (Wildman–Crippen LogP) is 1.83. The second-order valence-corrected chi connectivity index (χ2v) is 3.83. The Morgan fingerprint density at radius 1 is 1.37 bits per heavy atom. The quantitative estimate of drug-likeness (QED) is 0.449. The molecule has 0 bridgehead atoms. The highest BCUT2D eigenvalue weighted by molar-refractivity contribution is 5.66. The summed E-state index contributed by atoms with van der Waals surface area (Å²) in [6.45, 7) is 0.281. The first-order valence-corrected chi connectivity index (χ1v) is 5.46. The van der Waals surface area contributed by atoms with Crippen molar-refractivity contribution in [2.75, 3.05) is 6.54 Å². The fourth-order valence-electron chi connectivity index (χ4n) is 1.44. The van der Waals surface area contributed by atoms with Gasteiger partial charge in [0.05, 0.1) is 4.92 Å². The van der Waals surface area contributed by atoms with Gasteiger partial charge in [0.15, 0.2) is 0 Å². The summed E-state index contributed by atoms with van der Waals surface area (Å²) in [5.41, 5.74) is -0.827. The average molecular weight is 274 g/mol. The van der Waals surface area contributed by atoms with Gasteiger partial charge in [-0.1, -0.05) is 0 Å². The van der Waals surface area contributed by atoms with Crippen LogP contribution in [-0.4, -0.2) is 22.5 Å². The lowest BCUT2D eigenvalue weighted by Crippen LogP contribution is -2.17. The van der Waals surface area contributed by atoms with E-state index >= 15 is 0 Å². The van der Waals surface area contributed by atoms with E-state index in [0.29, 0.717) is 19.0 Å². The van der Waals surface area contributed by atoms with Gasteiger partial charge in [-0.15, -0.1) is 0 Å². The molecule has 0 amide bonds. The summed E-state index contributed by atoms with van der Waals surface area (Å²) in [5.74, 6) is -3.05. The van der Waals surface area contributed by atoms with Crippen molar-refractivity contribution in [3.63, 3.8) is 0 Å². The Morgan fingerprint density at radius 3 is 2.63 bits per heavy atom. The molecule has 0 fully saturated rings. The van der Waals surface area contributed by atoms with E-state index in [9.17, 15) is 23.7 Å². The predicted molar refractivity (Wildman–Crippen MR) is 61.6 cm³/mol. The highest BCUT2D eigenvalue weighted by atomic mass is 19.1. The number of aliphatic carboxylic acids is 1. The van der Waals surface area contributed by atoms with Crippen LogP contribution in [0, 0.1) is 21.7 Å². The standard InChI is InChI=1S/C11H12F2N2O4/c12-8-5-9(13)10(15(18)19)4-7(8)6-14-3-1-2-11(16)17/h4-5,14H,1-3,6H2,(H,16,17). The van der Waals surface area contributed by atoms with Crippen molar-refractivity contribution in [3.05, 3.63) is 39.4 Å². The van der Waals surface area contributed by atoms with Gasteiger partial charge in [-0.05, 0) is 13.0 Å². The first kappa shape index (κ1) is 15.0. The fourth-order valence-corrected chi connectivity index (χ4v) is 1.44. The smallest absolute Gasteiger partial charge is 0.305 e. The monoisotopic (exact) mass is 274 g/mol. The van der Waals surface area contributed by atoms with Gasteiger partial charge < -0.3 is 10.4 Å². The highest BCUT2D eigenvalue weighted by Crippen LogP contribution is 2.21. The Bertz CT molecular complexity index is 494. The molecule has 0 saturated carbocycles. The van der Waals surface area contributed by atoms with Crippen molar-refractivity contribution in [1.29, 1.82) is 0 Å². The molecule has 0 spiro atoms. The van der Waals surface area contributed by atoms with Crippen LogP contribution in [0.4, 0.5) is 14.5 Å². The molecule has 0 radical (unpaired) electrons. The number of carboxylic acid groups (broad SMARTS) is 1. The Morgan fingerprint density at radius 2 is 2.05 bits per heavy atom. The SMILES string of the molecule is O=C(O)CCCNCc1cc([N+](=O)[O-])c(F)cc1F. The van der Waals surface area contributed by atoms with Crippen LogP contribution in [0.2, 0.25) is 0 Å². The van der Waals surface area contributed by atoms with Crippen LogP contribution in [0.25, 0.3) is 0 Å². The molecule has 1 aromatic carbocycles. The van der Waals surface area contributed by atoms with Gasteiger partial charge >= 0.3 is 11.7 Å². The Labute approximate surface area is 107 Å². The second-order valence-electron chi connectivity index (χ2n) is 3.83. The molecule has 0 saturated heterocycles. The number of nitro benzene ring substituents is 1. The van der Waals surface area contributed by atoms with Crippen molar-refractivity contribution in [3.8, 4) is 0 Å². The van der Waals surface area contributed by atoms with Gasteiger partial charge in [0, 0.05) is 30.7 Å². The number of rotatable bonds is 7. The molecule has 1 rings (SSSR count). The maximum atomic E-state index is 13.3. The van der Waals surface area contributed by atoms with Crippen molar-refractivity contribution in [1.82, 2.24) is 5.32 Å². The lowest BCUT2D eigenvalue weighted by atomic mass is 10.1. The van der Waals surface area contributed by atoms with Gasteiger partial charge in [0.25, 0.3) is 0 Å². The lowest BCUT2D eigenvalue weighted by molar-refractivity contribution is -0.387. The van der Waals surface area contributed by atoms with Gasteiger partial charge in [-0.25, -0.2) is 4.39 Å². The molecular formula is C11H12F2N2O4. The summed E-state index contributed by atoms with van der Waals surface area (Å²) in [4.78, 5) is 19.8. The number of nitrogens with zero attached hydrogens (tertiary/aromatic N) is 1. The largest absolute Gasteiger partial charge is 0.481 e. The summed E-state index contributed by atoms with van der Waals surface area (Å²) < 4.78 is 26.4. The second kappa shape index (κ2) is 6.74. The van der Waals surface area contributed by atoms with E-state index in [1.807, 2.05) is 0 Å². The van der Waals surface area contributed by atoms with Crippen LogP contribution < -0.4 is 5.32 Å². The van der Waals surface area contributed by atoms with Crippen LogP contribution in [-0.2, 0) is 11.3 Å². The van der Waals surface area contributed by atoms with Gasteiger partial charge in [-0.2, -0.15) is 4.39 Å². The fraction of sp³-hybridized carbons (Fsp3) is 0.364. The number of hydrogen-bond donors (Lipinski definition) is 2. The number of benzene rings is 1. The minimum absolute atomic E-state index is 0.0287. The third kappa shape index (κ3) is 4.59. The van der Waals surface area contributed by atoms with Crippen LogP contribution in [0.1, 0.15) is 18.4 Å². The minimum Gasteiger partial charge on any atom is -0.481 e. The van der Waals surface area contributed by atoms with E-state index < -0.39 is 28.2 Å². The van der Waals surface area contributed by atoms with E-state index in [4.69, 9.17) is 5.11 Å². The molecule has 0 aliphatic rings. The molecule has 0 aliphatic heterocycles. The number of nitro groups is 1. The van der Waals surface area contributed by atoms with Crippen LogP contribution in [0.5, 0.6) is 0 Å². The van der Waals surface area contributed by atoms with E-state index in [2.05, 4.69) is 5.32 Å². The first-order chi connectivity index (χ1) is 8.91. The molecule has 0 aliphatic carbocycles. The van der Waals surface area contributed by atoms with E-state index in [0.717, 1.165) is 6.07 Å².